The fraction of sp³-hybridized carbons (Fsp3) is 0.533. The molecule has 0 bridgehead atoms. The van der Waals surface area contributed by atoms with Gasteiger partial charge in [0.15, 0.2) is 0 Å². The van der Waals surface area contributed by atoms with Crippen molar-refractivity contribution in [2.45, 2.75) is 19.9 Å². The van der Waals surface area contributed by atoms with Crippen molar-refractivity contribution < 1.29 is 9.72 Å². The number of piperazine rings is 1. The first kappa shape index (κ1) is 16.2. The molecule has 7 heteroatoms. The molecule has 1 aromatic rings. The number of nitro groups is 1. The smallest absolute Gasteiger partial charge is 0.271 e. The standard InChI is InChI=1S/C15H22N4O3/c1-11(2)14(16)15(20)18-8-6-17(7-9-18)12-4-3-5-13(10-12)19(21)22/h3-5,10-11,14H,6-9,16H2,1-2H3/t14-/m0/s1. The van der Waals surface area contributed by atoms with Gasteiger partial charge in [-0.1, -0.05) is 19.9 Å². The third-order valence-corrected chi connectivity index (χ3v) is 4.00. The molecule has 0 spiro atoms. The van der Waals surface area contributed by atoms with Crippen molar-refractivity contribution in [2.24, 2.45) is 11.7 Å². The topological polar surface area (TPSA) is 92.7 Å². The van der Waals surface area contributed by atoms with E-state index in [0.717, 1.165) is 5.69 Å². The predicted molar refractivity (Wildman–Crippen MR) is 84.7 cm³/mol. The maximum atomic E-state index is 12.2. The molecule has 22 heavy (non-hydrogen) atoms. The molecule has 1 aliphatic rings. The molecule has 1 heterocycles. The van der Waals surface area contributed by atoms with Gasteiger partial charge in [0.1, 0.15) is 0 Å². The Bertz CT molecular complexity index is 553. The van der Waals surface area contributed by atoms with Crippen molar-refractivity contribution in [3.63, 3.8) is 0 Å². The van der Waals surface area contributed by atoms with Crippen LogP contribution in [0, 0.1) is 16.0 Å². The molecule has 1 atom stereocenters. The normalized spacial score (nSPS) is 16.7. The van der Waals surface area contributed by atoms with Gasteiger partial charge in [-0.15, -0.1) is 0 Å². The minimum atomic E-state index is -0.468. The number of anilines is 1. The largest absolute Gasteiger partial charge is 0.368 e. The van der Waals surface area contributed by atoms with Gasteiger partial charge >= 0.3 is 0 Å². The Morgan fingerprint density at radius 2 is 1.91 bits per heavy atom. The van der Waals surface area contributed by atoms with Gasteiger partial charge < -0.3 is 15.5 Å². The zero-order valence-corrected chi connectivity index (χ0v) is 12.9. The molecular weight excluding hydrogens is 284 g/mol. The average Bonchev–Trinajstić information content (AvgIpc) is 2.53. The second kappa shape index (κ2) is 6.74. The van der Waals surface area contributed by atoms with Crippen molar-refractivity contribution in [3.05, 3.63) is 34.4 Å². The first-order valence-corrected chi connectivity index (χ1v) is 7.44. The van der Waals surface area contributed by atoms with Gasteiger partial charge in [-0.2, -0.15) is 0 Å². The van der Waals surface area contributed by atoms with E-state index in [0.29, 0.717) is 26.2 Å². The van der Waals surface area contributed by atoms with Crippen molar-refractivity contribution in [3.8, 4) is 0 Å². The number of nitrogens with two attached hydrogens (primary N) is 1. The lowest BCUT2D eigenvalue weighted by molar-refractivity contribution is -0.384. The summed E-state index contributed by atoms with van der Waals surface area (Å²) in [5.41, 5.74) is 6.81. The lowest BCUT2D eigenvalue weighted by Crippen LogP contribution is -2.54. The van der Waals surface area contributed by atoms with Gasteiger partial charge in [0.2, 0.25) is 5.91 Å². The average molecular weight is 306 g/mol. The molecule has 1 fully saturated rings. The third-order valence-electron chi connectivity index (χ3n) is 4.00. The summed E-state index contributed by atoms with van der Waals surface area (Å²) in [6.45, 7) is 6.34. The van der Waals surface area contributed by atoms with Gasteiger partial charge in [-0.25, -0.2) is 0 Å². The second-order valence-electron chi connectivity index (χ2n) is 5.86. The Morgan fingerprint density at radius 1 is 1.27 bits per heavy atom. The molecule has 1 aliphatic heterocycles. The van der Waals surface area contributed by atoms with Crippen LogP contribution in [0.5, 0.6) is 0 Å². The van der Waals surface area contributed by atoms with Gasteiger partial charge in [-0.3, -0.25) is 14.9 Å². The van der Waals surface area contributed by atoms with Crippen molar-refractivity contribution in [2.75, 3.05) is 31.1 Å². The molecule has 0 radical (unpaired) electrons. The van der Waals surface area contributed by atoms with Gasteiger partial charge in [0.25, 0.3) is 5.69 Å². The van der Waals surface area contributed by atoms with Crippen LogP contribution in [0.3, 0.4) is 0 Å². The van der Waals surface area contributed by atoms with Crippen LogP contribution in [-0.4, -0.2) is 48.0 Å². The molecule has 0 unspecified atom stereocenters. The highest BCUT2D eigenvalue weighted by Gasteiger charge is 2.27. The summed E-state index contributed by atoms with van der Waals surface area (Å²) in [5.74, 6) is 0.0935. The number of carbonyl (C=O) groups excluding carboxylic acids is 1. The molecule has 0 aromatic heterocycles. The van der Waals surface area contributed by atoms with Crippen molar-refractivity contribution >= 4 is 17.3 Å². The Balaban J connectivity index is 1.99. The van der Waals surface area contributed by atoms with E-state index in [-0.39, 0.29) is 17.5 Å². The van der Waals surface area contributed by atoms with Crippen LogP contribution in [0.2, 0.25) is 0 Å². The highest BCUT2D eigenvalue weighted by atomic mass is 16.6. The van der Waals surface area contributed by atoms with E-state index in [1.165, 1.54) is 6.07 Å². The SMILES string of the molecule is CC(C)[C@H](N)C(=O)N1CCN(c2cccc([N+](=O)[O-])c2)CC1. The summed E-state index contributed by atoms with van der Waals surface area (Å²) in [4.78, 5) is 26.5. The second-order valence-corrected chi connectivity index (χ2v) is 5.86. The van der Waals surface area contributed by atoms with E-state index in [1.54, 1.807) is 17.0 Å². The number of hydrogen-bond acceptors (Lipinski definition) is 5. The van der Waals surface area contributed by atoms with Crippen molar-refractivity contribution in [1.82, 2.24) is 4.90 Å². The number of benzene rings is 1. The fourth-order valence-corrected chi connectivity index (χ4v) is 2.48. The Labute approximate surface area is 129 Å². The Kier molecular flexibility index (Phi) is 4.97. The van der Waals surface area contributed by atoms with Gasteiger partial charge in [-0.05, 0) is 12.0 Å². The molecule has 120 valence electrons. The number of nitro benzene ring substituents is 1. The number of non-ortho nitro benzene ring substituents is 1. The van der Waals surface area contributed by atoms with E-state index in [9.17, 15) is 14.9 Å². The highest BCUT2D eigenvalue weighted by Crippen LogP contribution is 2.22. The molecule has 0 saturated carbocycles. The quantitative estimate of drug-likeness (QED) is 0.667. The number of hydrogen-bond donors (Lipinski definition) is 1. The number of nitrogens with zero attached hydrogens (tertiary/aromatic N) is 3. The van der Waals surface area contributed by atoms with Crippen LogP contribution < -0.4 is 10.6 Å². The molecule has 7 nitrogen and oxygen atoms in total. The maximum absolute atomic E-state index is 12.2. The first-order valence-electron chi connectivity index (χ1n) is 7.44. The summed E-state index contributed by atoms with van der Waals surface area (Å²) in [6.07, 6.45) is 0. The van der Waals surface area contributed by atoms with Crippen molar-refractivity contribution in [1.29, 1.82) is 0 Å². The van der Waals surface area contributed by atoms with E-state index in [2.05, 4.69) is 4.90 Å². The zero-order chi connectivity index (χ0) is 16.3. The first-order chi connectivity index (χ1) is 10.4. The van der Waals surface area contributed by atoms with E-state index in [1.807, 2.05) is 19.9 Å². The predicted octanol–water partition coefficient (Wildman–Crippen LogP) is 1.23. The maximum Gasteiger partial charge on any atom is 0.271 e. The van der Waals surface area contributed by atoms with Gasteiger partial charge in [0.05, 0.1) is 11.0 Å². The molecular formula is C15H22N4O3. The molecule has 1 amide bonds. The molecule has 1 saturated heterocycles. The summed E-state index contributed by atoms with van der Waals surface area (Å²) in [5, 5.41) is 10.8. The summed E-state index contributed by atoms with van der Waals surface area (Å²) in [6, 6.07) is 6.11. The van der Waals surface area contributed by atoms with Crippen LogP contribution >= 0.6 is 0 Å². The highest BCUT2D eigenvalue weighted by molar-refractivity contribution is 5.82. The zero-order valence-electron chi connectivity index (χ0n) is 12.9. The van der Waals surface area contributed by atoms with Crippen LogP contribution in [0.15, 0.2) is 24.3 Å². The minimum absolute atomic E-state index is 0.0197. The Morgan fingerprint density at radius 3 is 2.45 bits per heavy atom. The Hall–Kier alpha value is -2.15. The number of rotatable bonds is 4. The minimum Gasteiger partial charge on any atom is -0.368 e. The summed E-state index contributed by atoms with van der Waals surface area (Å²) in [7, 11) is 0. The molecule has 1 aromatic carbocycles. The summed E-state index contributed by atoms with van der Waals surface area (Å²) >= 11 is 0. The fourth-order valence-electron chi connectivity index (χ4n) is 2.48. The monoisotopic (exact) mass is 306 g/mol. The lowest BCUT2D eigenvalue weighted by Gasteiger charge is -2.37. The van der Waals surface area contributed by atoms with E-state index in [4.69, 9.17) is 5.73 Å². The van der Waals surface area contributed by atoms with Crippen LogP contribution in [0.25, 0.3) is 0 Å². The number of amides is 1. The van der Waals surface area contributed by atoms with Crippen LogP contribution in [0.1, 0.15) is 13.8 Å². The van der Waals surface area contributed by atoms with Crippen LogP contribution in [0.4, 0.5) is 11.4 Å². The third kappa shape index (κ3) is 3.54. The molecule has 2 rings (SSSR count). The van der Waals surface area contributed by atoms with Gasteiger partial charge in [0, 0.05) is 44.0 Å². The van der Waals surface area contributed by atoms with E-state index >= 15 is 0 Å². The van der Waals surface area contributed by atoms with Crippen LogP contribution in [-0.2, 0) is 4.79 Å². The number of carbonyl (C=O) groups is 1. The lowest BCUT2D eigenvalue weighted by atomic mass is 10.0. The summed E-state index contributed by atoms with van der Waals surface area (Å²) < 4.78 is 0. The molecule has 0 aliphatic carbocycles. The molecule has 2 N–H and O–H groups in total. The van der Waals surface area contributed by atoms with E-state index < -0.39 is 11.0 Å².